The molecule has 0 radical (unpaired) electrons. The number of hydrogen-bond donors (Lipinski definition) is 1. The Balaban J connectivity index is 1.66. The number of nitrogens with one attached hydrogen (secondary N) is 1. The molecule has 0 aliphatic carbocycles. The van der Waals surface area contributed by atoms with Gasteiger partial charge in [-0.3, -0.25) is 4.79 Å². The average molecular weight is 392 g/mol. The van der Waals surface area contributed by atoms with Crippen LogP contribution in [0.25, 0.3) is 0 Å². The molecule has 0 saturated heterocycles. The maximum Gasteiger partial charge on any atom is 0.224 e. The number of ether oxygens (including phenoxy) is 4. The van der Waals surface area contributed by atoms with Crippen molar-refractivity contribution in [2.45, 2.75) is 19.4 Å². The van der Waals surface area contributed by atoms with E-state index in [2.05, 4.69) is 5.32 Å². The van der Waals surface area contributed by atoms with Crippen LogP contribution >= 0.6 is 11.6 Å². The van der Waals surface area contributed by atoms with Crippen LogP contribution in [-0.4, -0.2) is 33.3 Å². The molecule has 0 fully saturated rings. The van der Waals surface area contributed by atoms with Gasteiger partial charge < -0.3 is 24.3 Å². The van der Waals surface area contributed by atoms with Gasteiger partial charge in [-0.15, -0.1) is 0 Å². The quantitative estimate of drug-likeness (QED) is 0.817. The fourth-order valence-electron chi connectivity index (χ4n) is 2.85. The van der Waals surface area contributed by atoms with Gasteiger partial charge in [-0.1, -0.05) is 11.6 Å². The summed E-state index contributed by atoms with van der Waals surface area (Å²) in [5.41, 5.74) is 1.60. The third kappa shape index (κ3) is 4.77. The first-order chi connectivity index (χ1) is 13.1. The molecule has 0 bridgehead atoms. The summed E-state index contributed by atoms with van der Waals surface area (Å²) in [5, 5.41) is 3.35. The van der Waals surface area contributed by atoms with Gasteiger partial charge >= 0.3 is 0 Å². The van der Waals surface area contributed by atoms with Crippen molar-refractivity contribution >= 4 is 17.5 Å². The van der Waals surface area contributed by atoms with E-state index in [1.807, 2.05) is 18.2 Å². The smallest absolute Gasteiger partial charge is 0.224 e. The standard InChI is InChI=1S/C20H22ClNO5/c1-24-15-4-5-17(25-2)14(11-15)12-22-19(23)10-13-8-16(21)20-18(9-13)26-6-3-7-27-20/h4-5,8-9,11H,3,6-7,10,12H2,1-2H3,(H,22,23). The summed E-state index contributed by atoms with van der Waals surface area (Å²) in [5.74, 6) is 2.38. The molecule has 1 aliphatic rings. The highest BCUT2D eigenvalue weighted by Crippen LogP contribution is 2.38. The van der Waals surface area contributed by atoms with Gasteiger partial charge in [0.2, 0.25) is 5.91 Å². The number of amides is 1. The lowest BCUT2D eigenvalue weighted by Gasteiger charge is -2.13. The van der Waals surface area contributed by atoms with Crippen molar-refractivity contribution in [2.75, 3.05) is 27.4 Å². The summed E-state index contributed by atoms with van der Waals surface area (Å²) in [7, 11) is 3.19. The molecule has 1 amide bonds. The Morgan fingerprint density at radius 3 is 2.74 bits per heavy atom. The van der Waals surface area contributed by atoms with Gasteiger partial charge in [0.05, 0.1) is 38.9 Å². The fourth-order valence-corrected chi connectivity index (χ4v) is 3.14. The van der Waals surface area contributed by atoms with Crippen LogP contribution in [0.3, 0.4) is 0 Å². The van der Waals surface area contributed by atoms with Crippen molar-refractivity contribution < 1.29 is 23.7 Å². The van der Waals surface area contributed by atoms with Crippen LogP contribution < -0.4 is 24.3 Å². The molecule has 2 aromatic carbocycles. The summed E-state index contributed by atoms with van der Waals surface area (Å²) in [6, 6.07) is 9.00. The molecule has 0 spiro atoms. The number of benzene rings is 2. The summed E-state index contributed by atoms with van der Waals surface area (Å²) >= 11 is 6.28. The summed E-state index contributed by atoms with van der Waals surface area (Å²) in [6.07, 6.45) is 0.978. The van der Waals surface area contributed by atoms with Gasteiger partial charge in [0.25, 0.3) is 0 Å². The molecule has 6 nitrogen and oxygen atoms in total. The van der Waals surface area contributed by atoms with E-state index in [1.54, 1.807) is 26.4 Å². The number of carbonyl (C=O) groups is 1. The van der Waals surface area contributed by atoms with Gasteiger partial charge in [-0.05, 0) is 35.9 Å². The molecule has 27 heavy (non-hydrogen) atoms. The van der Waals surface area contributed by atoms with Gasteiger partial charge in [0.1, 0.15) is 11.5 Å². The van der Waals surface area contributed by atoms with Crippen molar-refractivity contribution in [3.8, 4) is 23.0 Å². The minimum absolute atomic E-state index is 0.134. The molecule has 2 aromatic rings. The third-order valence-electron chi connectivity index (χ3n) is 4.19. The van der Waals surface area contributed by atoms with E-state index in [-0.39, 0.29) is 12.3 Å². The van der Waals surface area contributed by atoms with E-state index in [1.165, 1.54) is 0 Å². The molecule has 7 heteroatoms. The maximum absolute atomic E-state index is 12.4. The molecule has 1 heterocycles. The van der Waals surface area contributed by atoms with E-state index >= 15 is 0 Å². The number of hydrogen-bond acceptors (Lipinski definition) is 5. The Morgan fingerprint density at radius 2 is 1.96 bits per heavy atom. The lowest BCUT2D eigenvalue weighted by Crippen LogP contribution is -2.24. The Hall–Kier alpha value is -2.60. The molecule has 0 unspecified atom stereocenters. The van der Waals surface area contributed by atoms with Crippen LogP contribution in [0.2, 0.25) is 5.02 Å². The maximum atomic E-state index is 12.4. The molecule has 0 aromatic heterocycles. The van der Waals surface area contributed by atoms with Crippen molar-refractivity contribution in [3.63, 3.8) is 0 Å². The van der Waals surface area contributed by atoms with Crippen LogP contribution in [0.5, 0.6) is 23.0 Å². The van der Waals surface area contributed by atoms with Crippen LogP contribution in [0.1, 0.15) is 17.5 Å². The normalized spacial score (nSPS) is 12.9. The number of carbonyl (C=O) groups excluding carboxylic acids is 1. The molecule has 1 aliphatic heterocycles. The monoisotopic (exact) mass is 391 g/mol. The van der Waals surface area contributed by atoms with E-state index in [0.717, 1.165) is 17.5 Å². The minimum atomic E-state index is -0.134. The second-order valence-electron chi connectivity index (χ2n) is 6.09. The zero-order valence-corrected chi connectivity index (χ0v) is 16.1. The van der Waals surface area contributed by atoms with E-state index in [0.29, 0.717) is 47.8 Å². The summed E-state index contributed by atoms with van der Waals surface area (Å²) < 4.78 is 21.8. The van der Waals surface area contributed by atoms with E-state index in [9.17, 15) is 4.79 Å². The third-order valence-corrected chi connectivity index (χ3v) is 4.47. The fraction of sp³-hybridized carbons (Fsp3) is 0.350. The molecular formula is C20H22ClNO5. The van der Waals surface area contributed by atoms with Crippen molar-refractivity contribution in [2.24, 2.45) is 0 Å². The average Bonchev–Trinajstić information content (AvgIpc) is 2.92. The Morgan fingerprint density at radius 1 is 1.15 bits per heavy atom. The van der Waals surface area contributed by atoms with Crippen LogP contribution in [0.15, 0.2) is 30.3 Å². The highest BCUT2D eigenvalue weighted by Gasteiger charge is 2.17. The second-order valence-corrected chi connectivity index (χ2v) is 6.49. The van der Waals surface area contributed by atoms with E-state index < -0.39 is 0 Å². The SMILES string of the molecule is COc1ccc(OC)c(CNC(=O)Cc2cc(Cl)c3c(c2)OCCCO3)c1. The summed E-state index contributed by atoms with van der Waals surface area (Å²) in [4.78, 5) is 12.4. The predicted octanol–water partition coefficient (Wildman–Crippen LogP) is 3.38. The Kier molecular flexibility index (Phi) is 6.29. The molecule has 1 N–H and O–H groups in total. The number of methoxy groups -OCH3 is 2. The molecule has 0 atom stereocenters. The molecule has 0 saturated carbocycles. The van der Waals surface area contributed by atoms with Gasteiger partial charge in [0.15, 0.2) is 11.5 Å². The zero-order chi connectivity index (χ0) is 19.2. The lowest BCUT2D eigenvalue weighted by molar-refractivity contribution is -0.120. The van der Waals surface area contributed by atoms with Crippen LogP contribution in [0, 0.1) is 0 Å². The molecule has 144 valence electrons. The first-order valence-corrected chi connectivity index (χ1v) is 9.04. The largest absolute Gasteiger partial charge is 0.497 e. The van der Waals surface area contributed by atoms with E-state index in [4.69, 9.17) is 30.5 Å². The topological polar surface area (TPSA) is 66.0 Å². The number of halogens is 1. The van der Waals surface area contributed by atoms with Gasteiger partial charge in [-0.2, -0.15) is 0 Å². The van der Waals surface area contributed by atoms with Crippen LogP contribution in [-0.2, 0) is 17.8 Å². The highest BCUT2D eigenvalue weighted by molar-refractivity contribution is 6.32. The minimum Gasteiger partial charge on any atom is -0.497 e. The Labute approximate surface area is 163 Å². The second kappa shape index (κ2) is 8.86. The van der Waals surface area contributed by atoms with Crippen molar-refractivity contribution in [3.05, 3.63) is 46.5 Å². The van der Waals surface area contributed by atoms with Crippen LogP contribution in [0.4, 0.5) is 0 Å². The number of fused-ring (bicyclic) bond motifs is 1. The van der Waals surface area contributed by atoms with Crippen molar-refractivity contribution in [1.82, 2.24) is 5.32 Å². The summed E-state index contributed by atoms with van der Waals surface area (Å²) in [6.45, 7) is 1.46. The highest BCUT2D eigenvalue weighted by atomic mass is 35.5. The first kappa shape index (κ1) is 19.2. The molecular weight excluding hydrogens is 370 g/mol. The van der Waals surface area contributed by atoms with Gasteiger partial charge in [-0.25, -0.2) is 0 Å². The lowest BCUT2D eigenvalue weighted by atomic mass is 10.1. The predicted molar refractivity (Wildman–Crippen MR) is 102 cm³/mol. The van der Waals surface area contributed by atoms with Gasteiger partial charge in [0, 0.05) is 18.5 Å². The number of rotatable bonds is 6. The molecule has 3 rings (SSSR count). The zero-order valence-electron chi connectivity index (χ0n) is 15.3. The Bertz CT molecular complexity index is 824. The van der Waals surface area contributed by atoms with Crippen molar-refractivity contribution in [1.29, 1.82) is 0 Å². The first-order valence-electron chi connectivity index (χ1n) is 8.66.